The molecule has 5 rings (SSSR count). The number of nitrogens with zero attached hydrogens (tertiary/aromatic N) is 4. The van der Waals surface area contributed by atoms with Crippen LogP contribution in [0.5, 0.6) is 0 Å². The minimum Gasteiger partial charge on any atom is -0.451 e. The van der Waals surface area contributed by atoms with Crippen LogP contribution in [-0.4, -0.2) is 36.0 Å². The van der Waals surface area contributed by atoms with Gasteiger partial charge in [-0.05, 0) is 30.7 Å². The summed E-state index contributed by atoms with van der Waals surface area (Å²) >= 11 is 0. The first-order valence-corrected chi connectivity index (χ1v) is 8.99. The number of para-hydroxylation sites is 3. The van der Waals surface area contributed by atoms with Crippen molar-refractivity contribution >= 4 is 39.5 Å². The van der Waals surface area contributed by atoms with Crippen LogP contribution in [0.1, 0.15) is 17.0 Å². The van der Waals surface area contributed by atoms with E-state index in [0.717, 1.165) is 35.2 Å². The van der Waals surface area contributed by atoms with Gasteiger partial charge in [-0.2, -0.15) is 0 Å². The Kier molecular flexibility index (Phi) is 3.57. The summed E-state index contributed by atoms with van der Waals surface area (Å²) < 4.78 is 5.80. The molecule has 2 aromatic carbocycles. The number of hydrogen-bond acceptors (Lipinski definition) is 5. The van der Waals surface area contributed by atoms with Gasteiger partial charge < -0.3 is 9.32 Å². The maximum Gasteiger partial charge on any atom is 0.295 e. The normalized spacial score (nSPS) is 14.4. The third-order valence-electron chi connectivity index (χ3n) is 4.91. The van der Waals surface area contributed by atoms with Crippen LogP contribution in [0, 0.1) is 0 Å². The van der Waals surface area contributed by atoms with Crippen LogP contribution in [0.3, 0.4) is 0 Å². The fourth-order valence-electron chi connectivity index (χ4n) is 3.51. The SMILES string of the molecule is CN1CCCN(C(=O)c2cc3ccccc3o2)c2nc3ccccc3nc21. The predicted octanol–water partition coefficient (Wildman–Crippen LogP) is 3.86. The van der Waals surface area contributed by atoms with Gasteiger partial charge in [0.05, 0.1) is 11.0 Å². The van der Waals surface area contributed by atoms with Crippen molar-refractivity contribution in [1.29, 1.82) is 0 Å². The Bertz CT molecular complexity index is 1130. The number of fused-ring (bicyclic) bond motifs is 3. The first kappa shape index (κ1) is 15.8. The average Bonchev–Trinajstić information content (AvgIpc) is 3.07. The summed E-state index contributed by atoms with van der Waals surface area (Å²) in [6.45, 7) is 1.38. The number of rotatable bonds is 1. The molecule has 1 aliphatic rings. The molecule has 0 radical (unpaired) electrons. The lowest BCUT2D eigenvalue weighted by Crippen LogP contribution is -2.32. The van der Waals surface area contributed by atoms with E-state index < -0.39 is 0 Å². The van der Waals surface area contributed by atoms with Gasteiger partial charge in [-0.3, -0.25) is 9.69 Å². The van der Waals surface area contributed by atoms with Crippen molar-refractivity contribution in [3.63, 3.8) is 0 Å². The van der Waals surface area contributed by atoms with Crippen LogP contribution in [0.15, 0.2) is 59.0 Å². The Morgan fingerprint density at radius 3 is 2.44 bits per heavy atom. The number of aromatic nitrogens is 2. The number of carbonyl (C=O) groups excluding carboxylic acids is 1. The highest BCUT2D eigenvalue weighted by Crippen LogP contribution is 2.32. The number of anilines is 2. The molecule has 0 fully saturated rings. The zero-order chi connectivity index (χ0) is 18.4. The molecule has 1 amide bonds. The molecular formula is C21H18N4O2. The first-order chi connectivity index (χ1) is 13.2. The van der Waals surface area contributed by atoms with E-state index in [0.29, 0.717) is 23.7 Å². The largest absolute Gasteiger partial charge is 0.451 e. The van der Waals surface area contributed by atoms with Crippen molar-refractivity contribution in [2.45, 2.75) is 6.42 Å². The molecule has 0 saturated carbocycles. The van der Waals surface area contributed by atoms with Crippen molar-refractivity contribution in [3.8, 4) is 0 Å². The highest BCUT2D eigenvalue weighted by molar-refractivity contribution is 6.07. The lowest BCUT2D eigenvalue weighted by atomic mass is 10.2. The van der Waals surface area contributed by atoms with Gasteiger partial charge in [0.25, 0.3) is 5.91 Å². The van der Waals surface area contributed by atoms with Gasteiger partial charge in [0, 0.05) is 25.5 Å². The smallest absolute Gasteiger partial charge is 0.295 e. The van der Waals surface area contributed by atoms with E-state index in [4.69, 9.17) is 14.4 Å². The summed E-state index contributed by atoms with van der Waals surface area (Å²) in [7, 11) is 1.98. The lowest BCUT2D eigenvalue weighted by molar-refractivity contribution is 0.0962. The molecule has 0 N–H and O–H groups in total. The summed E-state index contributed by atoms with van der Waals surface area (Å²) in [6, 6.07) is 17.1. The number of benzene rings is 2. The fourth-order valence-corrected chi connectivity index (χ4v) is 3.51. The van der Waals surface area contributed by atoms with Gasteiger partial charge in [-0.15, -0.1) is 0 Å². The van der Waals surface area contributed by atoms with Gasteiger partial charge in [0.15, 0.2) is 17.4 Å². The van der Waals surface area contributed by atoms with Crippen LogP contribution in [-0.2, 0) is 0 Å². The van der Waals surface area contributed by atoms with E-state index in [9.17, 15) is 4.79 Å². The summed E-state index contributed by atoms with van der Waals surface area (Å²) in [5.74, 6) is 1.43. The predicted molar refractivity (Wildman–Crippen MR) is 105 cm³/mol. The topological polar surface area (TPSA) is 62.5 Å². The molecule has 27 heavy (non-hydrogen) atoms. The highest BCUT2D eigenvalue weighted by atomic mass is 16.3. The number of carbonyl (C=O) groups is 1. The Hall–Kier alpha value is -3.41. The first-order valence-electron chi connectivity index (χ1n) is 8.99. The van der Waals surface area contributed by atoms with Gasteiger partial charge in [-0.25, -0.2) is 9.97 Å². The zero-order valence-corrected chi connectivity index (χ0v) is 14.9. The molecule has 0 saturated heterocycles. The van der Waals surface area contributed by atoms with E-state index >= 15 is 0 Å². The maximum absolute atomic E-state index is 13.3. The molecular weight excluding hydrogens is 340 g/mol. The average molecular weight is 358 g/mol. The van der Waals surface area contributed by atoms with Crippen LogP contribution >= 0.6 is 0 Å². The van der Waals surface area contributed by atoms with E-state index in [2.05, 4.69) is 4.90 Å². The zero-order valence-electron chi connectivity index (χ0n) is 14.9. The molecule has 0 aliphatic carbocycles. The molecule has 6 nitrogen and oxygen atoms in total. The molecule has 1 aliphatic heterocycles. The summed E-state index contributed by atoms with van der Waals surface area (Å²) in [5, 5.41) is 0.914. The van der Waals surface area contributed by atoms with E-state index in [1.54, 1.807) is 11.0 Å². The van der Waals surface area contributed by atoms with Crippen molar-refractivity contribution in [1.82, 2.24) is 9.97 Å². The number of amides is 1. The molecule has 0 spiro atoms. The maximum atomic E-state index is 13.3. The standard InChI is InChI=1S/C21H18N4O2/c1-24-11-6-12-25(20-19(24)22-15-8-3-4-9-16(15)23-20)21(26)18-13-14-7-2-5-10-17(14)27-18/h2-5,7-10,13H,6,11-12H2,1H3. The summed E-state index contributed by atoms with van der Waals surface area (Å²) in [4.78, 5) is 26.6. The van der Waals surface area contributed by atoms with Crippen LogP contribution in [0.2, 0.25) is 0 Å². The summed E-state index contributed by atoms with van der Waals surface area (Å²) in [5.41, 5.74) is 2.30. The van der Waals surface area contributed by atoms with Gasteiger partial charge in [0.1, 0.15) is 5.58 Å². The van der Waals surface area contributed by atoms with E-state index in [-0.39, 0.29) is 5.91 Å². The van der Waals surface area contributed by atoms with Crippen LogP contribution < -0.4 is 9.80 Å². The van der Waals surface area contributed by atoms with E-state index in [1.807, 2.05) is 55.6 Å². The molecule has 0 atom stereocenters. The molecule has 3 heterocycles. The number of hydrogen-bond donors (Lipinski definition) is 0. The molecule has 6 heteroatoms. The van der Waals surface area contributed by atoms with Gasteiger partial charge >= 0.3 is 0 Å². The second-order valence-corrected chi connectivity index (χ2v) is 6.74. The quantitative estimate of drug-likeness (QED) is 0.517. The monoisotopic (exact) mass is 358 g/mol. The van der Waals surface area contributed by atoms with Crippen LogP contribution in [0.4, 0.5) is 11.6 Å². The minimum atomic E-state index is -0.188. The van der Waals surface area contributed by atoms with Crippen molar-refractivity contribution < 1.29 is 9.21 Å². The minimum absolute atomic E-state index is 0.188. The molecule has 134 valence electrons. The molecule has 0 unspecified atom stereocenters. The van der Waals surface area contributed by atoms with E-state index in [1.165, 1.54) is 0 Å². The Labute approximate surface area is 156 Å². The Balaban J connectivity index is 1.64. The van der Waals surface area contributed by atoms with Crippen molar-refractivity contribution in [2.24, 2.45) is 0 Å². The molecule has 2 aromatic heterocycles. The fraction of sp³-hybridized carbons (Fsp3) is 0.190. The number of furan rings is 1. The third kappa shape index (κ3) is 2.61. The molecule has 0 bridgehead atoms. The second kappa shape index (κ2) is 6.09. The third-order valence-corrected chi connectivity index (χ3v) is 4.91. The lowest BCUT2D eigenvalue weighted by Gasteiger charge is -2.22. The highest BCUT2D eigenvalue weighted by Gasteiger charge is 2.29. The Morgan fingerprint density at radius 1 is 0.963 bits per heavy atom. The van der Waals surface area contributed by atoms with Crippen molar-refractivity contribution in [2.75, 3.05) is 29.9 Å². The van der Waals surface area contributed by atoms with Gasteiger partial charge in [-0.1, -0.05) is 30.3 Å². The molecule has 4 aromatic rings. The van der Waals surface area contributed by atoms with Crippen LogP contribution in [0.25, 0.3) is 22.0 Å². The second-order valence-electron chi connectivity index (χ2n) is 6.74. The Morgan fingerprint density at radius 2 is 1.67 bits per heavy atom. The summed E-state index contributed by atoms with van der Waals surface area (Å²) in [6.07, 6.45) is 0.830. The van der Waals surface area contributed by atoms with Crippen molar-refractivity contribution in [3.05, 3.63) is 60.4 Å². The van der Waals surface area contributed by atoms with Gasteiger partial charge in [0.2, 0.25) is 0 Å².